The van der Waals surface area contributed by atoms with Gasteiger partial charge in [0, 0.05) is 12.3 Å². The second kappa shape index (κ2) is 7.07. The number of amides is 2. The molecule has 0 atom stereocenters. The number of benzene rings is 1. The second-order valence-corrected chi connectivity index (χ2v) is 8.04. The van der Waals surface area contributed by atoms with Crippen molar-refractivity contribution in [2.45, 2.75) is 20.8 Å². The van der Waals surface area contributed by atoms with E-state index in [0.29, 0.717) is 20.1 Å². The SMILES string of the molecule is CC(=O)N(c1nc(/C=C2/SC(=S)NC2=O)cs1)c1cccc(C)c1C. The van der Waals surface area contributed by atoms with E-state index >= 15 is 0 Å². The number of thioether (sulfide) groups is 1. The molecule has 0 radical (unpaired) electrons. The van der Waals surface area contributed by atoms with Gasteiger partial charge in [-0.15, -0.1) is 11.3 Å². The average Bonchev–Trinajstić information content (AvgIpc) is 3.11. The van der Waals surface area contributed by atoms with Crippen LogP contribution in [0.4, 0.5) is 10.8 Å². The molecule has 3 rings (SSSR count). The minimum Gasteiger partial charge on any atom is -0.307 e. The lowest BCUT2D eigenvalue weighted by molar-refractivity contribution is -0.116. The molecular weight excluding hydrogens is 374 g/mol. The first-order valence-corrected chi connectivity index (χ1v) is 9.54. The van der Waals surface area contributed by atoms with Crippen molar-refractivity contribution in [3.63, 3.8) is 0 Å². The number of nitrogens with zero attached hydrogens (tertiary/aromatic N) is 2. The Balaban J connectivity index is 1.97. The lowest BCUT2D eigenvalue weighted by atomic mass is 10.1. The molecule has 1 fully saturated rings. The van der Waals surface area contributed by atoms with E-state index in [1.54, 1.807) is 11.0 Å². The molecule has 128 valence electrons. The number of hydrogen-bond donors (Lipinski definition) is 1. The van der Waals surface area contributed by atoms with Gasteiger partial charge in [0.2, 0.25) is 5.91 Å². The average molecular weight is 390 g/mol. The van der Waals surface area contributed by atoms with E-state index in [2.05, 4.69) is 10.3 Å². The highest BCUT2D eigenvalue weighted by Gasteiger charge is 2.24. The van der Waals surface area contributed by atoms with Crippen molar-refractivity contribution in [3.05, 3.63) is 45.3 Å². The maximum absolute atomic E-state index is 12.2. The van der Waals surface area contributed by atoms with Gasteiger partial charge in [-0.3, -0.25) is 14.5 Å². The molecule has 5 nitrogen and oxygen atoms in total. The Morgan fingerprint density at radius 2 is 2.12 bits per heavy atom. The van der Waals surface area contributed by atoms with Gasteiger partial charge in [-0.05, 0) is 37.1 Å². The molecule has 2 aromatic rings. The molecule has 1 aromatic carbocycles. The Bertz CT molecular complexity index is 918. The quantitative estimate of drug-likeness (QED) is 0.636. The summed E-state index contributed by atoms with van der Waals surface area (Å²) in [7, 11) is 0. The lowest BCUT2D eigenvalue weighted by Gasteiger charge is -2.21. The molecule has 2 amide bonds. The fourth-order valence-corrected chi connectivity index (χ4v) is 4.25. The maximum atomic E-state index is 12.2. The van der Waals surface area contributed by atoms with Crippen LogP contribution in [0.1, 0.15) is 23.7 Å². The predicted molar refractivity (Wildman–Crippen MR) is 107 cm³/mol. The molecule has 1 aliphatic heterocycles. The standard InChI is InChI=1S/C17H15N3O2S3/c1-9-5-4-6-13(10(9)2)20(11(3)21)16-18-12(8-24-16)7-14-15(22)19-17(23)25-14/h4-8H,1-3H3,(H,19,22,23)/b14-7+. The number of rotatable bonds is 3. The van der Waals surface area contributed by atoms with Crippen LogP contribution in [0, 0.1) is 13.8 Å². The zero-order valence-electron chi connectivity index (χ0n) is 13.8. The fourth-order valence-electron chi connectivity index (χ4n) is 2.39. The van der Waals surface area contributed by atoms with Crippen molar-refractivity contribution in [1.29, 1.82) is 0 Å². The molecule has 1 N–H and O–H groups in total. The first-order chi connectivity index (χ1) is 11.9. The summed E-state index contributed by atoms with van der Waals surface area (Å²) >= 11 is 7.55. The van der Waals surface area contributed by atoms with Gasteiger partial charge in [-0.1, -0.05) is 36.1 Å². The Labute approximate surface area is 159 Å². The molecule has 0 spiro atoms. The Hall–Kier alpha value is -2.03. The van der Waals surface area contributed by atoms with Gasteiger partial charge >= 0.3 is 0 Å². The van der Waals surface area contributed by atoms with E-state index in [0.717, 1.165) is 16.8 Å². The minimum atomic E-state index is -0.220. The summed E-state index contributed by atoms with van der Waals surface area (Å²) in [4.78, 5) is 30.6. The van der Waals surface area contributed by atoms with E-state index in [1.807, 2.05) is 37.4 Å². The van der Waals surface area contributed by atoms with Gasteiger partial charge in [0.05, 0.1) is 16.3 Å². The third-order valence-corrected chi connectivity index (χ3v) is 5.76. The number of thiocarbonyl (C=S) groups is 1. The highest BCUT2D eigenvalue weighted by molar-refractivity contribution is 8.26. The summed E-state index contributed by atoms with van der Waals surface area (Å²) in [5.41, 5.74) is 3.58. The lowest BCUT2D eigenvalue weighted by Crippen LogP contribution is -2.23. The smallest absolute Gasteiger partial charge is 0.263 e. The molecule has 2 heterocycles. The first kappa shape index (κ1) is 17.8. The molecule has 1 saturated heterocycles. The Morgan fingerprint density at radius 3 is 2.76 bits per heavy atom. The monoisotopic (exact) mass is 389 g/mol. The number of aromatic nitrogens is 1. The van der Waals surface area contributed by atoms with Crippen LogP contribution in [-0.4, -0.2) is 21.1 Å². The van der Waals surface area contributed by atoms with Gasteiger partial charge in [0.1, 0.15) is 4.32 Å². The highest BCUT2D eigenvalue weighted by atomic mass is 32.2. The fraction of sp³-hybridized carbons (Fsp3) is 0.176. The van der Waals surface area contributed by atoms with E-state index < -0.39 is 0 Å². The molecule has 8 heteroatoms. The van der Waals surface area contributed by atoms with Crippen LogP contribution in [0.2, 0.25) is 0 Å². The van der Waals surface area contributed by atoms with Crippen LogP contribution in [-0.2, 0) is 9.59 Å². The van der Waals surface area contributed by atoms with E-state index in [-0.39, 0.29) is 11.8 Å². The van der Waals surface area contributed by atoms with Crippen molar-refractivity contribution in [2.75, 3.05) is 4.90 Å². The van der Waals surface area contributed by atoms with Gasteiger partial charge < -0.3 is 5.32 Å². The van der Waals surface area contributed by atoms with E-state index in [1.165, 1.54) is 30.0 Å². The summed E-state index contributed by atoms with van der Waals surface area (Å²) in [5, 5.41) is 4.96. The van der Waals surface area contributed by atoms with E-state index in [4.69, 9.17) is 12.2 Å². The van der Waals surface area contributed by atoms with E-state index in [9.17, 15) is 9.59 Å². The van der Waals surface area contributed by atoms with Crippen molar-refractivity contribution in [2.24, 2.45) is 0 Å². The largest absolute Gasteiger partial charge is 0.307 e. The summed E-state index contributed by atoms with van der Waals surface area (Å²) in [5.74, 6) is -0.334. The number of nitrogens with one attached hydrogen (secondary N) is 1. The number of anilines is 2. The third kappa shape index (κ3) is 3.65. The molecule has 25 heavy (non-hydrogen) atoms. The summed E-state index contributed by atoms with van der Waals surface area (Å²) in [6.07, 6.45) is 1.68. The van der Waals surface area contributed by atoms with Crippen molar-refractivity contribution < 1.29 is 9.59 Å². The highest BCUT2D eigenvalue weighted by Crippen LogP contribution is 2.33. The van der Waals surface area contributed by atoms with Gasteiger partial charge in [-0.25, -0.2) is 4.98 Å². The molecule has 1 aromatic heterocycles. The van der Waals surface area contributed by atoms with Crippen LogP contribution in [0.5, 0.6) is 0 Å². The Morgan fingerprint density at radius 1 is 1.36 bits per heavy atom. The zero-order chi connectivity index (χ0) is 18.1. The molecule has 0 aliphatic carbocycles. The summed E-state index contributed by atoms with van der Waals surface area (Å²) in [6, 6.07) is 5.83. The molecule has 1 aliphatic rings. The normalized spacial score (nSPS) is 15.6. The first-order valence-electron chi connectivity index (χ1n) is 7.44. The third-order valence-electron chi connectivity index (χ3n) is 3.75. The number of carbonyl (C=O) groups is 2. The zero-order valence-corrected chi connectivity index (χ0v) is 16.3. The Kier molecular flexibility index (Phi) is 5.03. The van der Waals surface area contributed by atoms with Crippen molar-refractivity contribution in [3.8, 4) is 0 Å². The van der Waals surface area contributed by atoms with Gasteiger partial charge in [-0.2, -0.15) is 0 Å². The predicted octanol–water partition coefficient (Wildman–Crippen LogP) is 3.93. The van der Waals surface area contributed by atoms with Crippen molar-refractivity contribution >= 4 is 68.3 Å². The van der Waals surface area contributed by atoms with Gasteiger partial charge in [0.25, 0.3) is 5.91 Å². The van der Waals surface area contributed by atoms with Crippen LogP contribution in [0.3, 0.4) is 0 Å². The minimum absolute atomic E-state index is 0.114. The second-order valence-electron chi connectivity index (χ2n) is 5.48. The van der Waals surface area contributed by atoms with Crippen molar-refractivity contribution in [1.82, 2.24) is 10.3 Å². The number of hydrogen-bond acceptors (Lipinski definition) is 6. The molecule has 0 saturated carbocycles. The number of carbonyl (C=O) groups excluding carboxylic acids is 2. The van der Waals surface area contributed by atoms with Crippen LogP contribution < -0.4 is 10.2 Å². The number of thiazole rings is 1. The van der Waals surface area contributed by atoms with Crippen LogP contribution in [0.25, 0.3) is 6.08 Å². The van der Waals surface area contributed by atoms with Crippen LogP contribution >= 0.6 is 35.3 Å². The maximum Gasteiger partial charge on any atom is 0.263 e. The van der Waals surface area contributed by atoms with Gasteiger partial charge in [0.15, 0.2) is 5.13 Å². The molecular formula is C17H15N3O2S3. The topological polar surface area (TPSA) is 62.3 Å². The number of aryl methyl sites for hydroxylation is 1. The summed E-state index contributed by atoms with van der Waals surface area (Å²) in [6.45, 7) is 5.51. The molecule has 0 bridgehead atoms. The molecule has 0 unspecified atom stereocenters. The summed E-state index contributed by atoms with van der Waals surface area (Å²) < 4.78 is 0.437. The van der Waals surface area contributed by atoms with Crippen LogP contribution in [0.15, 0.2) is 28.5 Å².